The fraction of sp³-hybridized carbons (Fsp3) is 0.429. The molecule has 4 nitrogen and oxygen atoms in total. The van der Waals surface area contributed by atoms with E-state index in [2.05, 4.69) is 45.1 Å². The monoisotopic (exact) mass is 322 g/mol. The van der Waals surface area contributed by atoms with Crippen molar-refractivity contribution in [2.24, 2.45) is 11.7 Å². The van der Waals surface area contributed by atoms with E-state index in [1.807, 2.05) is 12.1 Å². The summed E-state index contributed by atoms with van der Waals surface area (Å²) < 4.78 is 0.937. The molecular weight excluding hydrogens is 304 g/mol. The molecule has 0 saturated heterocycles. The molecule has 0 spiro atoms. The maximum Gasteiger partial charge on any atom is 0.112 e. The first kappa shape index (κ1) is 14.2. The van der Waals surface area contributed by atoms with Gasteiger partial charge in [0.2, 0.25) is 0 Å². The number of nitrogens with one attached hydrogen (secondary N) is 1. The van der Waals surface area contributed by atoms with Crippen LogP contribution < -0.4 is 11.1 Å². The number of nitrogens with two attached hydrogens (primary N) is 1. The molecule has 2 aromatic rings. The summed E-state index contributed by atoms with van der Waals surface area (Å²) in [5.41, 5.74) is 8.48. The Labute approximate surface area is 121 Å². The van der Waals surface area contributed by atoms with Gasteiger partial charge in [-0.05, 0) is 46.9 Å². The number of rotatable bonds is 5. The SMILES string of the molecule is CC(C)C(CCN)Nc1ccnc2cc(Br)cnc12. The van der Waals surface area contributed by atoms with Crippen LogP contribution in [0.1, 0.15) is 20.3 Å². The molecule has 102 valence electrons. The molecule has 2 rings (SSSR count). The number of fused-ring (bicyclic) bond motifs is 1. The van der Waals surface area contributed by atoms with Crippen LogP contribution in [0, 0.1) is 5.92 Å². The van der Waals surface area contributed by atoms with Gasteiger partial charge in [0.15, 0.2) is 0 Å². The van der Waals surface area contributed by atoms with Crippen LogP contribution in [0.15, 0.2) is 29.0 Å². The molecule has 0 radical (unpaired) electrons. The second-order valence-electron chi connectivity index (χ2n) is 4.95. The average Bonchev–Trinajstić information content (AvgIpc) is 2.37. The lowest BCUT2D eigenvalue weighted by Gasteiger charge is -2.23. The molecule has 2 heterocycles. The molecule has 5 heteroatoms. The van der Waals surface area contributed by atoms with Crippen molar-refractivity contribution < 1.29 is 0 Å². The lowest BCUT2D eigenvalue weighted by atomic mass is 10.0. The molecular formula is C14H19BrN4. The van der Waals surface area contributed by atoms with Crippen molar-refractivity contribution in [2.75, 3.05) is 11.9 Å². The van der Waals surface area contributed by atoms with Crippen LogP contribution >= 0.6 is 15.9 Å². The summed E-state index contributed by atoms with van der Waals surface area (Å²) >= 11 is 3.42. The molecule has 0 saturated carbocycles. The van der Waals surface area contributed by atoms with Crippen molar-refractivity contribution >= 4 is 32.7 Å². The van der Waals surface area contributed by atoms with Gasteiger partial charge in [-0.2, -0.15) is 0 Å². The van der Waals surface area contributed by atoms with E-state index < -0.39 is 0 Å². The number of pyridine rings is 2. The van der Waals surface area contributed by atoms with E-state index in [1.165, 1.54) is 0 Å². The van der Waals surface area contributed by atoms with E-state index in [1.54, 1.807) is 12.4 Å². The molecule has 0 aliphatic heterocycles. The third-order valence-electron chi connectivity index (χ3n) is 3.17. The zero-order chi connectivity index (χ0) is 13.8. The Kier molecular flexibility index (Phi) is 4.71. The molecule has 19 heavy (non-hydrogen) atoms. The van der Waals surface area contributed by atoms with Gasteiger partial charge in [0, 0.05) is 22.9 Å². The zero-order valence-corrected chi connectivity index (χ0v) is 12.8. The number of aromatic nitrogens is 2. The van der Waals surface area contributed by atoms with E-state index in [4.69, 9.17) is 5.73 Å². The second-order valence-corrected chi connectivity index (χ2v) is 5.87. The van der Waals surface area contributed by atoms with Gasteiger partial charge in [0.1, 0.15) is 5.52 Å². The highest BCUT2D eigenvalue weighted by Gasteiger charge is 2.14. The van der Waals surface area contributed by atoms with Crippen molar-refractivity contribution in [3.8, 4) is 0 Å². The predicted molar refractivity (Wildman–Crippen MR) is 83.2 cm³/mol. The molecule has 0 aliphatic rings. The molecule has 0 fully saturated rings. The summed E-state index contributed by atoms with van der Waals surface area (Å²) in [5.74, 6) is 0.516. The Bertz CT molecular complexity index is 556. The maximum absolute atomic E-state index is 5.68. The van der Waals surface area contributed by atoms with Gasteiger partial charge in [-0.3, -0.25) is 9.97 Å². The minimum Gasteiger partial charge on any atom is -0.380 e. The Hall–Kier alpha value is -1.20. The van der Waals surface area contributed by atoms with Crippen molar-refractivity contribution in [3.05, 3.63) is 29.0 Å². The number of hydrogen-bond acceptors (Lipinski definition) is 4. The van der Waals surface area contributed by atoms with Crippen LogP contribution in [0.25, 0.3) is 11.0 Å². The Morgan fingerprint density at radius 1 is 1.37 bits per heavy atom. The normalized spacial score (nSPS) is 12.9. The summed E-state index contributed by atoms with van der Waals surface area (Å²) in [6.07, 6.45) is 4.54. The van der Waals surface area contributed by atoms with Crippen molar-refractivity contribution in [3.63, 3.8) is 0 Å². The summed E-state index contributed by atoms with van der Waals surface area (Å²) in [6, 6.07) is 4.29. The summed E-state index contributed by atoms with van der Waals surface area (Å²) in [4.78, 5) is 8.79. The predicted octanol–water partition coefficient (Wildman–Crippen LogP) is 3.18. The smallest absolute Gasteiger partial charge is 0.112 e. The van der Waals surface area contributed by atoms with Crippen LogP contribution in [-0.2, 0) is 0 Å². The highest BCUT2D eigenvalue weighted by atomic mass is 79.9. The van der Waals surface area contributed by atoms with Gasteiger partial charge in [0.25, 0.3) is 0 Å². The average molecular weight is 323 g/mol. The number of halogens is 1. The first-order chi connectivity index (χ1) is 9.11. The molecule has 0 amide bonds. The number of nitrogens with zero attached hydrogens (tertiary/aromatic N) is 2. The summed E-state index contributed by atoms with van der Waals surface area (Å²) in [5, 5.41) is 3.54. The minimum absolute atomic E-state index is 0.348. The maximum atomic E-state index is 5.68. The van der Waals surface area contributed by atoms with E-state index in [0.717, 1.165) is 27.6 Å². The summed E-state index contributed by atoms with van der Waals surface area (Å²) in [6.45, 7) is 5.07. The van der Waals surface area contributed by atoms with E-state index in [-0.39, 0.29) is 0 Å². The number of anilines is 1. The quantitative estimate of drug-likeness (QED) is 0.887. The number of hydrogen-bond donors (Lipinski definition) is 2. The largest absolute Gasteiger partial charge is 0.380 e. The minimum atomic E-state index is 0.348. The van der Waals surface area contributed by atoms with Gasteiger partial charge in [-0.1, -0.05) is 13.8 Å². The van der Waals surface area contributed by atoms with Crippen LogP contribution in [0.3, 0.4) is 0 Å². The Morgan fingerprint density at radius 2 is 2.16 bits per heavy atom. The molecule has 2 aromatic heterocycles. The Balaban J connectivity index is 2.34. The van der Waals surface area contributed by atoms with Gasteiger partial charge >= 0.3 is 0 Å². The van der Waals surface area contributed by atoms with E-state index in [9.17, 15) is 0 Å². The van der Waals surface area contributed by atoms with Crippen LogP contribution in [0.5, 0.6) is 0 Å². The first-order valence-corrected chi connectivity index (χ1v) is 7.28. The zero-order valence-electron chi connectivity index (χ0n) is 11.2. The molecule has 0 aliphatic carbocycles. The van der Waals surface area contributed by atoms with Crippen LogP contribution in [-0.4, -0.2) is 22.6 Å². The molecule has 0 aromatic carbocycles. The highest BCUT2D eigenvalue weighted by molar-refractivity contribution is 9.10. The van der Waals surface area contributed by atoms with Gasteiger partial charge in [0.05, 0.1) is 11.2 Å². The topological polar surface area (TPSA) is 63.8 Å². The van der Waals surface area contributed by atoms with Crippen molar-refractivity contribution in [1.29, 1.82) is 0 Å². The van der Waals surface area contributed by atoms with Crippen LogP contribution in [0.4, 0.5) is 5.69 Å². The standard InChI is InChI=1S/C14H19BrN4/c1-9(2)11(3-5-16)19-12-4-6-17-13-7-10(15)8-18-14(12)13/h4,6-9,11H,3,5,16H2,1-2H3,(H,17,19). The van der Waals surface area contributed by atoms with E-state index in [0.29, 0.717) is 18.5 Å². The van der Waals surface area contributed by atoms with Gasteiger partial charge in [-0.15, -0.1) is 0 Å². The first-order valence-electron chi connectivity index (χ1n) is 6.48. The second kappa shape index (κ2) is 6.30. The fourth-order valence-electron chi connectivity index (χ4n) is 2.07. The molecule has 0 bridgehead atoms. The van der Waals surface area contributed by atoms with Crippen LogP contribution in [0.2, 0.25) is 0 Å². The molecule has 1 unspecified atom stereocenters. The highest BCUT2D eigenvalue weighted by Crippen LogP contribution is 2.24. The van der Waals surface area contributed by atoms with Gasteiger partial charge < -0.3 is 11.1 Å². The molecule has 3 N–H and O–H groups in total. The molecule has 1 atom stereocenters. The van der Waals surface area contributed by atoms with E-state index >= 15 is 0 Å². The fourth-order valence-corrected chi connectivity index (χ4v) is 2.39. The van der Waals surface area contributed by atoms with Crippen molar-refractivity contribution in [1.82, 2.24) is 9.97 Å². The Morgan fingerprint density at radius 3 is 2.84 bits per heavy atom. The lowest BCUT2D eigenvalue weighted by molar-refractivity contribution is 0.499. The van der Waals surface area contributed by atoms with Gasteiger partial charge in [-0.25, -0.2) is 0 Å². The van der Waals surface area contributed by atoms with Crippen molar-refractivity contribution in [2.45, 2.75) is 26.3 Å². The summed E-state index contributed by atoms with van der Waals surface area (Å²) in [7, 11) is 0. The third-order valence-corrected chi connectivity index (χ3v) is 3.60. The lowest BCUT2D eigenvalue weighted by Crippen LogP contribution is -2.28. The third kappa shape index (κ3) is 3.42.